The van der Waals surface area contributed by atoms with Crippen LogP contribution in [0.15, 0.2) is 0 Å². The second-order valence-corrected chi connectivity index (χ2v) is 8.34. The standard InChI is InChI=1S/C18H29N3O4/c22-17(23)20-10-6-14(11-20)19-8-4-13(5-9-19)21-15-3-1-2-7-18(15)24-12-16(21)25-18/h13-16H,1-12H2,(H,22,23)/t14-,15-,16?,18-/m0/s1. The zero-order valence-corrected chi connectivity index (χ0v) is 14.8. The van der Waals surface area contributed by atoms with Crippen molar-refractivity contribution >= 4 is 6.09 Å². The molecule has 1 amide bonds. The van der Waals surface area contributed by atoms with Crippen LogP contribution < -0.4 is 0 Å². The average molecular weight is 351 g/mol. The van der Waals surface area contributed by atoms with Gasteiger partial charge in [0.2, 0.25) is 0 Å². The van der Waals surface area contributed by atoms with Crippen LogP contribution in [0.1, 0.15) is 44.9 Å². The molecule has 5 aliphatic rings. The molecule has 1 aliphatic carbocycles. The van der Waals surface area contributed by atoms with Crippen molar-refractivity contribution in [3.63, 3.8) is 0 Å². The van der Waals surface area contributed by atoms with Crippen LogP contribution in [-0.2, 0) is 9.47 Å². The van der Waals surface area contributed by atoms with Crippen molar-refractivity contribution in [2.75, 3.05) is 32.8 Å². The molecular weight excluding hydrogens is 322 g/mol. The number of nitrogens with zero attached hydrogens (tertiary/aromatic N) is 3. The minimum absolute atomic E-state index is 0.161. The Labute approximate surface area is 148 Å². The second-order valence-electron chi connectivity index (χ2n) is 8.34. The fourth-order valence-electron chi connectivity index (χ4n) is 5.89. The number of likely N-dealkylation sites (tertiary alicyclic amines) is 2. The van der Waals surface area contributed by atoms with Gasteiger partial charge in [0.25, 0.3) is 0 Å². The van der Waals surface area contributed by atoms with E-state index in [4.69, 9.17) is 14.6 Å². The van der Waals surface area contributed by atoms with Crippen LogP contribution in [0.5, 0.6) is 0 Å². The highest BCUT2D eigenvalue weighted by Gasteiger charge is 2.61. The molecule has 1 N–H and O–H groups in total. The minimum atomic E-state index is -0.773. The zero-order valence-electron chi connectivity index (χ0n) is 14.8. The van der Waals surface area contributed by atoms with Crippen LogP contribution in [-0.4, -0.2) is 88.8 Å². The summed E-state index contributed by atoms with van der Waals surface area (Å²) in [5.74, 6) is -0.298. The molecule has 0 aromatic heterocycles. The molecule has 140 valence electrons. The number of carbonyl (C=O) groups is 1. The summed E-state index contributed by atoms with van der Waals surface area (Å²) < 4.78 is 12.4. The van der Waals surface area contributed by atoms with E-state index < -0.39 is 6.09 Å². The largest absolute Gasteiger partial charge is 0.465 e. The Morgan fingerprint density at radius 2 is 1.84 bits per heavy atom. The van der Waals surface area contributed by atoms with Crippen LogP contribution in [0.25, 0.3) is 0 Å². The molecule has 4 saturated heterocycles. The first-order valence-electron chi connectivity index (χ1n) is 9.97. The highest BCUT2D eigenvalue weighted by Crippen LogP contribution is 2.49. The van der Waals surface area contributed by atoms with Gasteiger partial charge in [0.15, 0.2) is 5.79 Å². The van der Waals surface area contributed by atoms with Crippen molar-refractivity contribution in [2.24, 2.45) is 0 Å². The van der Waals surface area contributed by atoms with E-state index in [1.807, 2.05) is 0 Å². The van der Waals surface area contributed by atoms with Gasteiger partial charge in [0.05, 0.1) is 12.6 Å². The summed E-state index contributed by atoms with van der Waals surface area (Å²) in [6, 6.07) is 1.45. The molecule has 0 radical (unpaired) electrons. The summed E-state index contributed by atoms with van der Waals surface area (Å²) >= 11 is 0. The highest BCUT2D eigenvalue weighted by atomic mass is 16.8. The Morgan fingerprint density at radius 1 is 1.04 bits per heavy atom. The first-order chi connectivity index (χ1) is 12.2. The number of ether oxygens (including phenoxy) is 2. The van der Waals surface area contributed by atoms with Crippen molar-refractivity contribution < 1.29 is 19.4 Å². The lowest BCUT2D eigenvalue weighted by molar-refractivity contribution is -0.179. The van der Waals surface area contributed by atoms with E-state index in [1.165, 1.54) is 19.3 Å². The summed E-state index contributed by atoms with van der Waals surface area (Å²) in [5.41, 5.74) is 0. The SMILES string of the molecule is O=C(O)N1CC[C@H](N2CCC(N3C4CO[C@@]5(CCCC[C@H]35)O4)CC2)C1. The molecule has 2 bridgehead atoms. The Kier molecular flexibility index (Phi) is 3.96. The van der Waals surface area contributed by atoms with Crippen LogP contribution in [0.2, 0.25) is 0 Å². The molecule has 25 heavy (non-hydrogen) atoms. The number of fused-ring (bicyclic) bond motifs is 1. The predicted octanol–water partition coefficient (Wildman–Crippen LogP) is 1.53. The maximum absolute atomic E-state index is 11.1. The third-order valence-electron chi connectivity index (χ3n) is 7.13. The van der Waals surface area contributed by atoms with Crippen molar-refractivity contribution in [3.8, 4) is 0 Å². The van der Waals surface area contributed by atoms with Gasteiger partial charge in [-0.25, -0.2) is 4.79 Å². The Balaban J connectivity index is 1.21. The summed E-state index contributed by atoms with van der Waals surface area (Å²) in [4.78, 5) is 17.9. The number of rotatable bonds is 2. The van der Waals surface area contributed by atoms with Gasteiger partial charge >= 0.3 is 6.09 Å². The van der Waals surface area contributed by atoms with E-state index in [0.717, 1.165) is 45.4 Å². The van der Waals surface area contributed by atoms with Gasteiger partial charge in [-0.3, -0.25) is 9.80 Å². The molecule has 5 fully saturated rings. The van der Waals surface area contributed by atoms with E-state index in [1.54, 1.807) is 4.90 Å². The molecule has 4 aliphatic heterocycles. The van der Waals surface area contributed by atoms with E-state index in [2.05, 4.69) is 9.80 Å². The van der Waals surface area contributed by atoms with Crippen molar-refractivity contribution in [2.45, 2.75) is 75.1 Å². The molecule has 4 atom stereocenters. The summed E-state index contributed by atoms with van der Waals surface area (Å²) in [5, 5.41) is 9.16. The third kappa shape index (κ3) is 2.59. The summed E-state index contributed by atoms with van der Waals surface area (Å²) in [6.45, 7) is 4.24. The lowest BCUT2D eigenvalue weighted by Gasteiger charge is -2.47. The number of morpholine rings is 1. The second kappa shape index (κ2) is 6.08. The summed E-state index contributed by atoms with van der Waals surface area (Å²) in [6.07, 6.45) is 7.45. The highest BCUT2D eigenvalue weighted by molar-refractivity contribution is 5.65. The molecule has 0 aromatic rings. The first kappa shape index (κ1) is 16.3. The molecule has 1 saturated carbocycles. The van der Waals surface area contributed by atoms with E-state index >= 15 is 0 Å². The fourth-order valence-corrected chi connectivity index (χ4v) is 5.89. The lowest BCUT2D eigenvalue weighted by atomic mass is 9.86. The van der Waals surface area contributed by atoms with Gasteiger partial charge < -0.3 is 19.5 Å². The normalized spacial score (nSPS) is 42.9. The number of hydrogen-bond acceptors (Lipinski definition) is 5. The van der Waals surface area contributed by atoms with Crippen LogP contribution in [0, 0.1) is 0 Å². The van der Waals surface area contributed by atoms with Crippen LogP contribution >= 0.6 is 0 Å². The molecule has 4 heterocycles. The minimum Gasteiger partial charge on any atom is -0.465 e. The van der Waals surface area contributed by atoms with Crippen LogP contribution in [0.4, 0.5) is 4.79 Å². The van der Waals surface area contributed by atoms with Gasteiger partial charge in [0, 0.05) is 31.6 Å². The van der Waals surface area contributed by atoms with Crippen molar-refractivity contribution in [3.05, 3.63) is 0 Å². The number of carboxylic acid groups (broad SMARTS) is 1. The monoisotopic (exact) mass is 351 g/mol. The Hall–Kier alpha value is -0.890. The lowest BCUT2D eigenvalue weighted by Crippen LogP contribution is -2.59. The molecule has 7 nitrogen and oxygen atoms in total. The maximum Gasteiger partial charge on any atom is 0.407 e. The van der Waals surface area contributed by atoms with Gasteiger partial charge in [0.1, 0.15) is 6.23 Å². The van der Waals surface area contributed by atoms with Crippen molar-refractivity contribution in [1.82, 2.24) is 14.7 Å². The Morgan fingerprint density at radius 3 is 2.60 bits per heavy atom. The van der Waals surface area contributed by atoms with Gasteiger partial charge in [-0.2, -0.15) is 0 Å². The first-order valence-corrected chi connectivity index (χ1v) is 9.97. The molecular formula is C18H29N3O4. The molecule has 5 rings (SSSR count). The average Bonchev–Trinajstić information content (AvgIpc) is 3.34. The number of amides is 1. The fraction of sp³-hybridized carbons (Fsp3) is 0.944. The van der Waals surface area contributed by atoms with Crippen LogP contribution in [0.3, 0.4) is 0 Å². The van der Waals surface area contributed by atoms with E-state index in [-0.39, 0.29) is 12.0 Å². The van der Waals surface area contributed by atoms with Gasteiger partial charge in [-0.15, -0.1) is 0 Å². The Bertz CT molecular complexity index is 538. The van der Waals surface area contributed by atoms with Gasteiger partial charge in [-0.1, -0.05) is 6.42 Å². The van der Waals surface area contributed by atoms with E-state index in [0.29, 0.717) is 31.2 Å². The van der Waals surface area contributed by atoms with Crippen molar-refractivity contribution in [1.29, 1.82) is 0 Å². The smallest absolute Gasteiger partial charge is 0.407 e. The zero-order chi connectivity index (χ0) is 17.0. The molecule has 1 spiro atoms. The predicted molar refractivity (Wildman–Crippen MR) is 90.2 cm³/mol. The quantitative estimate of drug-likeness (QED) is 0.814. The van der Waals surface area contributed by atoms with Gasteiger partial charge in [-0.05, 0) is 45.2 Å². The van der Waals surface area contributed by atoms with E-state index in [9.17, 15) is 4.79 Å². The molecule has 7 heteroatoms. The summed E-state index contributed by atoms with van der Waals surface area (Å²) in [7, 11) is 0. The number of piperidine rings is 1. The molecule has 1 unspecified atom stereocenters. The maximum atomic E-state index is 11.1. The molecule has 0 aromatic carbocycles. The topological polar surface area (TPSA) is 65.5 Å². The third-order valence-corrected chi connectivity index (χ3v) is 7.13. The number of hydrogen-bond donors (Lipinski definition) is 1.